The first-order valence-corrected chi connectivity index (χ1v) is 7.77. The molecule has 1 saturated carbocycles. The highest BCUT2D eigenvalue weighted by molar-refractivity contribution is 5.63. The van der Waals surface area contributed by atoms with Crippen LogP contribution in [0.5, 0.6) is 5.75 Å². The Kier molecular flexibility index (Phi) is 6.04. The highest BCUT2D eigenvalue weighted by Crippen LogP contribution is 2.32. The van der Waals surface area contributed by atoms with Crippen molar-refractivity contribution in [3.63, 3.8) is 0 Å². The van der Waals surface area contributed by atoms with Gasteiger partial charge in [0.05, 0.1) is 7.11 Å². The number of aromatic nitrogens is 2. The van der Waals surface area contributed by atoms with Crippen LogP contribution < -0.4 is 15.4 Å². The molecule has 21 heavy (non-hydrogen) atoms. The molecule has 0 radical (unpaired) electrons. The molecule has 1 heterocycles. The molecule has 0 saturated heterocycles. The fourth-order valence-electron chi connectivity index (χ4n) is 3.01. The third kappa shape index (κ3) is 3.97. The summed E-state index contributed by atoms with van der Waals surface area (Å²) in [5, 5.41) is 16.0. The van der Waals surface area contributed by atoms with Gasteiger partial charge in [0.1, 0.15) is 6.33 Å². The van der Waals surface area contributed by atoms with Crippen molar-refractivity contribution < 1.29 is 9.84 Å². The van der Waals surface area contributed by atoms with Gasteiger partial charge in [0, 0.05) is 19.7 Å². The van der Waals surface area contributed by atoms with Crippen molar-refractivity contribution in [2.75, 3.05) is 37.4 Å². The topological polar surface area (TPSA) is 79.3 Å². The minimum atomic E-state index is 0.274. The van der Waals surface area contributed by atoms with Crippen molar-refractivity contribution >= 4 is 11.6 Å². The summed E-state index contributed by atoms with van der Waals surface area (Å²) >= 11 is 0. The summed E-state index contributed by atoms with van der Waals surface area (Å²) in [6, 6.07) is 0. The van der Waals surface area contributed by atoms with E-state index in [1.807, 2.05) is 6.92 Å². The quantitative estimate of drug-likeness (QED) is 0.715. The first-order valence-electron chi connectivity index (χ1n) is 7.77. The number of ether oxygens (including phenoxy) is 1. The number of nitrogens with one attached hydrogen (secondary N) is 2. The van der Waals surface area contributed by atoms with E-state index >= 15 is 0 Å². The fourth-order valence-corrected chi connectivity index (χ4v) is 3.01. The van der Waals surface area contributed by atoms with E-state index in [0.717, 1.165) is 25.9 Å². The SMILES string of the molecule is CCNc1ncnc(NCC2CCCCC2CO)c1OC. The van der Waals surface area contributed by atoms with Gasteiger partial charge in [-0.1, -0.05) is 12.8 Å². The lowest BCUT2D eigenvalue weighted by Gasteiger charge is -2.30. The van der Waals surface area contributed by atoms with E-state index in [9.17, 15) is 5.11 Å². The normalized spacial score (nSPS) is 21.9. The molecule has 2 atom stereocenters. The van der Waals surface area contributed by atoms with E-state index in [1.54, 1.807) is 7.11 Å². The van der Waals surface area contributed by atoms with Gasteiger partial charge in [0.25, 0.3) is 0 Å². The Bertz CT molecular complexity index is 442. The van der Waals surface area contributed by atoms with Crippen LogP contribution >= 0.6 is 0 Å². The summed E-state index contributed by atoms with van der Waals surface area (Å²) in [5.74, 6) is 2.96. The molecule has 2 rings (SSSR count). The van der Waals surface area contributed by atoms with Crippen molar-refractivity contribution in [1.29, 1.82) is 0 Å². The molecule has 0 aliphatic heterocycles. The minimum Gasteiger partial charge on any atom is -0.490 e. The van der Waals surface area contributed by atoms with Gasteiger partial charge < -0.3 is 20.5 Å². The Morgan fingerprint density at radius 2 is 1.86 bits per heavy atom. The van der Waals surface area contributed by atoms with Crippen LogP contribution in [0.4, 0.5) is 11.6 Å². The maximum Gasteiger partial charge on any atom is 0.204 e. The van der Waals surface area contributed by atoms with Gasteiger partial charge in [-0.3, -0.25) is 0 Å². The highest BCUT2D eigenvalue weighted by atomic mass is 16.5. The van der Waals surface area contributed by atoms with E-state index in [4.69, 9.17) is 4.74 Å². The van der Waals surface area contributed by atoms with Crippen molar-refractivity contribution in [2.45, 2.75) is 32.6 Å². The fraction of sp³-hybridized carbons (Fsp3) is 0.733. The molecule has 0 spiro atoms. The minimum absolute atomic E-state index is 0.274. The standard InChI is InChI=1S/C15H26N4O2/c1-3-16-14-13(21-2)15(19-10-18-14)17-8-11-6-4-5-7-12(11)9-20/h10-12,20H,3-9H2,1-2H3,(H2,16,17,18,19). The first kappa shape index (κ1) is 15.8. The zero-order chi connectivity index (χ0) is 15.1. The van der Waals surface area contributed by atoms with Gasteiger partial charge in [-0.25, -0.2) is 9.97 Å². The molecule has 2 unspecified atom stereocenters. The van der Waals surface area contributed by atoms with Crippen LogP contribution in [-0.4, -0.2) is 41.9 Å². The van der Waals surface area contributed by atoms with Crippen molar-refractivity contribution in [1.82, 2.24) is 9.97 Å². The van der Waals surface area contributed by atoms with Crippen molar-refractivity contribution in [3.8, 4) is 5.75 Å². The smallest absolute Gasteiger partial charge is 0.204 e. The molecule has 3 N–H and O–H groups in total. The predicted octanol–water partition coefficient (Wildman–Crippen LogP) is 2.13. The molecule has 0 aromatic carbocycles. The third-order valence-electron chi connectivity index (χ3n) is 4.18. The second-order valence-electron chi connectivity index (χ2n) is 5.50. The largest absolute Gasteiger partial charge is 0.490 e. The van der Waals surface area contributed by atoms with E-state index in [0.29, 0.717) is 29.2 Å². The number of hydrogen-bond donors (Lipinski definition) is 3. The summed E-state index contributed by atoms with van der Waals surface area (Å²) in [5.41, 5.74) is 0. The van der Waals surface area contributed by atoms with Crippen LogP contribution in [0.3, 0.4) is 0 Å². The Morgan fingerprint density at radius 3 is 2.48 bits per heavy atom. The monoisotopic (exact) mass is 294 g/mol. The number of rotatable bonds is 7. The Labute approximate surface area is 126 Å². The van der Waals surface area contributed by atoms with Gasteiger partial charge in [-0.2, -0.15) is 0 Å². The van der Waals surface area contributed by atoms with Gasteiger partial charge in [0.2, 0.25) is 5.75 Å². The van der Waals surface area contributed by atoms with E-state index in [-0.39, 0.29) is 6.61 Å². The molecule has 1 aliphatic rings. The van der Waals surface area contributed by atoms with E-state index in [1.165, 1.54) is 19.2 Å². The predicted molar refractivity (Wildman–Crippen MR) is 83.8 cm³/mol. The molecule has 6 heteroatoms. The van der Waals surface area contributed by atoms with Crippen molar-refractivity contribution in [2.24, 2.45) is 11.8 Å². The first-order chi connectivity index (χ1) is 10.3. The summed E-state index contributed by atoms with van der Waals surface area (Å²) < 4.78 is 5.42. The number of hydrogen-bond acceptors (Lipinski definition) is 6. The van der Waals surface area contributed by atoms with Crippen LogP contribution in [-0.2, 0) is 0 Å². The molecular formula is C15H26N4O2. The van der Waals surface area contributed by atoms with E-state index < -0.39 is 0 Å². The summed E-state index contributed by atoms with van der Waals surface area (Å²) in [6.45, 7) is 3.88. The maximum absolute atomic E-state index is 9.49. The zero-order valence-electron chi connectivity index (χ0n) is 12.9. The molecule has 6 nitrogen and oxygen atoms in total. The second-order valence-corrected chi connectivity index (χ2v) is 5.50. The van der Waals surface area contributed by atoms with Crippen LogP contribution in [0.2, 0.25) is 0 Å². The number of aliphatic hydroxyl groups excluding tert-OH is 1. The lowest BCUT2D eigenvalue weighted by molar-refractivity contribution is 0.141. The molecule has 1 aliphatic carbocycles. The average Bonchev–Trinajstić information content (AvgIpc) is 2.53. The molecule has 1 fully saturated rings. The average molecular weight is 294 g/mol. The molecule has 118 valence electrons. The summed E-state index contributed by atoms with van der Waals surface area (Å²) in [7, 11) is 1.63. The molecule has 1 aromatic rings. The van der Waals surface area contributed by atoms with Crippen LogP contribution in [0.25, 0.3) is 0 Å². The second kappa shape index (κ2) is 8.02. The molecule has 0 amide bonds. The zero-order valence-corrected chi connectivity index (χ0v) is 12.9. The maximum atomic E-state index is 9.49. The number of methoxy groups -OCH3 is 1. The summed E-state index contributed by atoms with van der Waals surface area (Å²) in [4.78, 5) is 8.48. The van der Waals surface area contributed by atoms with Crippen LogP contribution in [0.15, 0.2) is 6.33 Å². The Balaban J connectivity index is 2.03. The van der Waals surface area contributed by atoms with E-state index in [2.05, 4.69) is 20.6 Å². The van der Waals surface area contributed by atoms with Crippen molar-refractivity contribution in [3.05, 3.63) is 6.33 Å². The summed E-state index contributed by atoms with van der Waals surface area (Å²) in [6.07, 6.45) is 6.28. The highest BCUT2D eigenvalue weighted by Gasteiger charge is 2.24. The Morgan fingerprint density at radius 1 is 1.19 bits per heavy atom. The number of nitrogens with zero attached hydrogens (tertiary/aromatic N) is 2. The lowest BCUT2D eigenvalue weighted by Crippen LogP contribution is -2.29. The lowest BCUT2D eigenvalue weighted by atomic mass is 9.79. The number of anilines is 2. The van der Waals surface area contributed by atoms with Crippen LogP contribution in [0, 0.1) is 11.8 Å². The molecule has 0 bridgehead atoms. The molecule has 1 aromatic heterocycles. The van der Waals surface area contributed by atoms with Gasteiger partial charge >= 0.3 is 0 Å². The van der Waals surface area contributed by atoms with Crippen LogP contribution in [0.1, 0.15) is 32.6 Å². The van der Waals surface area contributed by atoms with Gasteiger partial charge in [-0.05, 0) is 31.6 Å². The Hall–Kier alpha value is -1.56. The number of aliphatic hydroxyl groups is 1. The third-order valence-corrected chi connectivity index (χ3v) is 4.18. The van der Waals surface area contributed by atoms with Gasteiger partial charge in [0.15, 0.2) is 11.6 Å². The molecular weight excluding hydrogens is 268 g/mol. The van der Waals surface area contributed by atoms with Gasteiger partial charge in [-0.15, -0.1) is 0 Å².